The summed E-state index contributed by atoms with van der Waals surface area (Å²) in [6.07, 6.45) is 1.28. The molecular weight excluding hydrogens is 306 g/mol. The van der Waals surface area contributed by atoms with E-state index >= 15 is 0 Å². The van der Waals surface area contributed by atoms with Gasteiger partial charge in [0.05, 0.1) is 12.6 Å². The Morgan fingerprint density at radius 3 is 2.68 bits per heavy atom. The molecule has 1 aliphatic heterocycles. The molecule has 1 N–H and O–H groups in total. The van der Waals surface area contributed by atoms with Gasteiger partial charge >= 0.3 is 0 Å². The summed E-state index contributed by atoms with van der Waals surface area (Å²) in [4.78, 5) is 14.1. The van der Waals surface area contributed by atoms with E-state index in [1.165, 1.54) is 0 Å². The first-order valence-corrected chi connectivity index (χ1v) is 7.75. The topological polar surface area (TPSA) is 40.5 Å². The van der Waals surface area contributed by atoms with Crippen molar-refractivity contribution in [1.82, 2.24) is 4.90 Å². The Hall–Kier alpha value is -0.870. The molecule has 104 valence electrons. The molecule has 1 fully saturated rings. The average molecular weight is 326 g/mol. The predicted octanol–water partition coefficient (Wildman–Crippen LogP) is 2.74. The third kappa shape index (κ3) is 3.00. The zero-order valence-electron chi connectivity index (χ0n) is 11.2. The van der Waals surface area contributed by atoms with Crippen LogP contribution in [0.5, 0.6) is 0 Å². The number of rotatable bonds is 5. The van der Waals surface area contributed by atoms with Crippen molar-refractivity contribution < 1.29 is 9.90 Å². The molecule has 2 rings (SSSR count). The minimum Gasteiger partial charge on any atom is -0.396 e. The highest BCUT2D eigenvalue weighted by molar-refractivity contribution is 9.09. The van der Waals surface area contributed by atoms with Crippen molar-refractivity contribution in [1.29, 1.82) is 0 Å². The molecule has 3 nitrogen and oxygen atoms in total. The highest BCUT2D eigenvalue weighted by Gasteiger charge is 2.43. The van der Waals surface area contributed by atoms with Gasteiger partial charge in [-0.25, -0.2) is 0 Å². The number of halogens is 1. The van der Waals surface area contributed by atoms with Crippen LogP contribution in [0.4, 0.5) is 0 Å². The second kappa shape index (κ2) is 6.06. The molecule has 1 aromatic rings. The Labute approximate surface area is 122 Å². The Morgan fingerprint density at radius 2 is 2.11 bits per heavy atom. The summed E-state index contributed by atoms with van der Waals surface area (Å²) in [5.74, 6) is 0.145. The van der Waals surface area contributed by atoms with E-state index in [9.17, 15) is 9.90 Å². The zero-order valence-corrected chi connectivity index (χ0v) is 12.8. The van der Waals surface area contributed by atoms with E-state index < -0.39 is 0 Å². The van der Waals surface area contributed by atoms with Gasteiger partial charge in [0.15, 0.2) is 0 Å². The molecular formula is C15H20BrNO2. The largest absolute Gasteiger partial charge is 0.396 e. The van der Waals surface area contributed by atoms with Gasteiger partial charge in [-0.3, -0.25) is 4.79 Å². The lowest BCUT2D eigenvalue weighted by molar-refractivity contribution is -0.129. The quantitative estimate of drug-likeness (QED) is 0.845. The molecule has 0 spiro atoms. The molecule has 1 aromatic carbocycles. The van der Waals surface area contributed by atoms with Crippen LogP contribution in [0.25, 0.3) is 0 Å². The first-order chi connectivity index (χ1) is 9.12. The molecule has 1 aliphatic rings. The maximum Gasteiger partial charge on any atom is 0.223 e. The van der Waals surface area contributed by atoms with Gasteiger partial charge in [0.2, 0.25) is 5.91 Å². The fourth-order valence-electron chi connectivity index (χ4n) is 2.75. The number of hydrogen-bond acceptors (Lipinski definition) is 2. The molecule has 0 radical (unpaired) electrons. The van der Waals surface area contributed by atoms with Crippen LogP contribution in [-0.2, 0) is 4.79 Å². The van der Waals surface area contributed by atoms with Crippen LogP contribution in [0, 0.1) is 5.41 Å². The van der Waals surface area contributed by atoms with Gasteiger partial charge < -0.3 is 10.0 Å². The zero-order chi connectivity index (χ0) is 13.9. The highest BCUT2D eigenvalue weighted by atomic mass is 79.9. The second-order valence-electron chi connectivity index (χ2n) is 5.38. The number of aliphatic hydroxyl groups is 1. The number of nitrogens with zero attached hydrogens (tertiary/aromatic N) is 1. The number of hydrogen-bond donors (Lipinski definition) is 1. The summed E-state index contributed by atoms with van der Waals surface area (Å²) in [5, 5.41) is 10.4. The summed E-state index contributed by atoms with van der Waals surface area (Å²) in [6, 6.07) is 10.1. The van der Waals surface area contributed by atoms with E-state index in [4.69, 9.17) is 0 Å². The van der Waals surface area contributed by atoms with Gasteiger partial charge in [-0.05, 0) is 18.9 Å². The van der Waals surface area contributed by atoms with Gasteiger partial charge in [0, 0.05) is 23.7 Å². The molecule has 0 aliphatic carbocycles. The van der Waals surface area contributed by atoms with Gasteiger partial charge in [-0.1, -0.05) is 46.3 Å². The number of amides is 1. The van der Waals surface area contributed by atoms with Crippen LogP contribution in [0.15, 0.2) is 30.3 Å². The van der Waals surface area contributed by atoms with Crippen molar-refractivity contribution in [2.24, 2.45) is 5.41 Å². The Bertz CT molecular complexity index is 437. The molecule has 2 atom stereocenters. The van der Waals surface area contributed by atoms with E-state index in [0.29, 0.717) is 13.0 Å². The van der Waals surface area contributed by atoms with E-state index in [1.807, 2.05) is 35.2 Å². The molecule has 19 heavy (non-hydrogen) atoms. The number of carbonyl (C=O) groups excluding carboxylic acids is 1. The molecule has 1 amide bonds. The van der Waals surface area contributed by atoms with Crippen molar-refractivity contribution >= 4 is 21.8 Å². The number of alkyl halides is 1. The molecule has 0 bridgehead atoms. The smallest absolute Gasteiger partial charge is 0.223 e. The summed E-state index contributed by atoms with van der Waals surface area (Å²) >= 11 is 3.42. The van der Waals surface area contributed by atoms with Crippen molar-refractivity contribution in [3.63, 3.8) is 0 Å². The number of benzene rings is 1. The molecule has 0 aromatic heterocycles. The molecule has 0 saturated carbocycles. The third-order valence-corrected chi connectivity index (χ3v) is 4.46. The maximum absolute atomic E-state index is 12.2. The fraction of sp³-hybridized carbons (Fsp3) is 0.533. The van der Waals surface area contributed by atoms with Crippen molar-refractivity contribution in [3.8, 4) is 0 Å². The first-order valence-electron chi connectivity index (χ1n) is 6.63. The van der Waals surface area contributed by atoms with Crippen molar-refractivity contribution in [2.45, 2.75) is 25.8 Å². The number of aliphatic hydroxyl groups excluding tert-OH is 1. The molecule has 0 unspecified atom stereocenters. The number of carbonyl (C=O) groups is 1. The van der Waals surface area contributed by atoms with Crippen molar-refractivity contribution in [2.75, 3.05) is 18.5 Å². The van der Waals surface area contributed by atoms with Crippen molar-refractivity contribution in [3.05, 3.63) is 35.9 Å². The minimum atomic E-state index is -0.274. The van der Waals surface area contributed by atoms with Crippen LogP contribution >= 0.6 is 15.9 Å². The maximum atomic E-state index is 12.2. The van der Waals surface area contributed by atoms with E-state index in [2.05, 4.69) is 22.9 Å². The highest BCUT2D eigenvalue weighted by Crippen LogP contribution is 2.38. The van der Waals surface area contributed by atoms with Crippen LogP contribution in [0.1, 0.15) is 31.4 Å². The standard InChI is InChI=1S/C15H20BrNO2/c1-12(13-5-3-2-4-6-13)17-10-15(11-18,7-8-16)9-14(17)19/h2-6,12,18H,7-11H2,1H3/t12-,15-/m1/s1. The Balaban J connectivity index is 2.16. The van der Waals surface area contributed by atoms with Gasteiger partial charge in [-0.2, -0.15) is 0 Å². The monoisotopic (exact) mass is 325 g/mol. The van der Waals surface area contributed by atoms with E-state index in [1.54, 1.807) is 0 Å². The normalized spacial score (nSPS) is 24.8. The molecule has 4 heteroatoms. The average Bonchev–Trinajstić information content (AvgIpc) is 2.77. The Morgan fingerprint density at radius 1 is 1.42 bits per heavy atom. The second-order valence-corrected chi connectivity index (χ2v) is 6.18. The van der Waals surface area contributed by atoms with Crippen LogP contribution in [0.3, 0.4) is 0 Å². The van der Waals surface area contributed by atoms with Crippen LogP contribution in [0.2, 0.25) is 0 Å². The van der Waals surface area contributed by atoms with E-state index in [-0.39, 0.29) is 24.0 Å². The van der Waals surface area contributed by atoms with Crippen LogP contribution in [-0.4, -0.2) is 34.4 Å². The van der Waals surface area contributed by atoms with E-state index in [0.717, 1.165) is 17.3 Å². The Kier molecular flexibility index (Phi) is 4.63. The number of likely N-dealkylation sites (tertiary alicyclic amines) is 1. The summed E-state index contributed by atoms with van der Waals surface area (Å²) in [7, 11) is 0. The third-order valence-electron chi connectivity index (χ3n) is 4.06. The molecule has 1 saturated heterocycles. The SMILES string of the molecule is C[C@H](c1ccccc1)N1C[C@@](CO)(CCBr)CC1=O. The summed E-state index contributed by atoms with van der Waals surface area (Å²) in [6.45, 7) is 2.77. The summed E-state index contributed by atoms with van der Waals surface area (Å²) in [5.41, 5.74) is 0.868. The minimum absolute atomic E-state index is 0.0671. The van der Waals surface area contributed by atoms with Gasteiger partial charge in [0.25, 0.3) is 0 Å². The lowest BCUT2D eigenvalue weighted by Gasteiger charge is -2.29. The fourth-order valence-corrected chi connectivity index (χ4v) is 3.59. The van der Waals surface area contributed by atoms with Gasteiger partial charge in [-0.15, -0.1) is 0 Å². The lowest BCUT2D eigenvalue weighted by Crippen LogP contribution is -2.33. The van der Waals surface area contributed by atoms with Crippen LogP contribution < -0.4 is 0 Å². The first kappa shape index (κ1) is 14.5. The predicted molar refractivity (Wildman–Crippen MR) is 79.1 cm³/mol. The molecule has 1 heterocycles. The lowest BCUT2D eigenvalue weighted by atomic mass is 9.85. The van der Waals surface area contributed by atoms with Gasteiger partial charge in [0.1, 0.15) is 0 Å². The summed E-state index contributed by atoms with van der Waals surface area (Å²) < 4.78 is 0.